The maximum Gasteiger partial charge on any atom is 0.136 e. The molecule has 1 saturated heterocycles. The number of likely N-dealkylation sites (N-methyl/N-ethyl adjacent to an activating group) is 1. The molecule has 0 amide bonds. The predicted molar refractivity (Wildman–Crippen MR) is 99.3 cm³/mol. The molecule has 1 atom stereocenters. The Hall–Kier alpha value is -2.14. The lowest BCUT2D eigenvalue weighted by Gasteiger charge is -2.30. The summed E-state index contributed by atoms with van der Waals surface area (Å²) >= 11 is 0. The number of ether oxygens (including phenoxy) is 1. The summed E-state index contributed by atoms with van der Waals surface area (Å²) < 4.78 is 5.27. The summed E-state index contributed by atoms with van der Waals surface area (Å²) in [7, 11) is 1.71. The molecule has 2 aliphatic rings. The summed E-state index contributed by atoms with van der Waals surface area (Å²) in [5.41, 5.74) is 3.97. The fraction of sp³-hybridized carbons (Fsp3) is 0.500. The van der Waals surface area contributed by atoms with E-state index in [-0.39, 0.29) is 0 Å². The molecular formula is C20H26N4O. The van der Waals surface area contributed by atoms with Gasteiger partial charge in [0, 0.05) is 44.1 Å². The Bertz CT molecular complexity index is 731. The SMILES string of the molecule is CCN1CCc2ncnc(N3CC[C@H](c4ccc(OC)cc4)C3)c2C1. The number of rotatable bonds is 4. The number of anilines is 1. The quantitative estimate of drug-likeness (QED) is 0.857. The Labute approximate surface area is 149 Å². The normalized spacial score (nSPS) is 20.6. The lowest BCUT2D eigenvalue weighted by atomic mass is 9.98. The molecule has 25 heavy (non-hydrogen) atoms. The molecule has 0 aliphatic carbocycles. The van der Waals surface area contributed by atoms with E-state index in [0.717, 1.165) is 50.7 Å². The number of methoxy groups -OCH3 is 1. The lowest BCUT2D eigenvalue weighted by Crippen LogP contribution is -2.33. The Morgan fingerprint density at radius 1 is 1.16 bits per heavy atom. The molecular weight excluding hydrogens is 312 g/mol. The Kier molecular flexibility index (Phi) is 4.57. The minimum absolute atomic E-state index is 0.558. The van der Waals surface area contributed by atoms with Gasteiger partial charge in [-0.25, -0.2) is 9.97 Å². The fourth-order valence-corrected chi connectivity index (χ4v) is 4.03. The zero-order chi connectivity index (χ0) is 17.2. The molecule has 0 bridgehead atoms. The molecule has 2 aliphatic heterocycles. The molecule has 132 valence electrons. The van der Waals surface area contributed by atoms with Gasteiger partial charge in [0.25, 0.3) is 0 Å². The first kappa shape index (κ1) is 16.3. The van der Waals surface area contributed by atoms with Crippen LogP contribution in [-0.4, -0.2) is 48.2 Å². The van der Waals surface area contributed by atoms with E-state index >= 15 is 0 Å². The maximum absolute atomic E-state index is 5.27. The van der Waals surface area contributed by atoms with Gasteiger partial charge in [0.2, 0.25) is 0 Å². The van der Waals surface area contributed by atoms with Crippen LogP contribution in [0.2, 0.25) is 0 Å². The van der Waals surface area contributed by atoms with Crippen molar-refractivity contribution >= 4 is 5.82 Å². The number of nitrogens with zero attached hydrogens (tertiary/aromatic N) is 4. The van der Waals surface area contributed by atoms with Gasteiger partial charge in [-0.15, -0.1) is 0 Å². The van der Waals surface area contributed by atoms with Gasteiger partial charge in [-0.05, 0) is 30.7 Å². The third-order valence-electron chi connectivity index (χ3n) is 5.58. The number of hydrogen-bond donors (Lipinski definition) is 0. The second-order valence-corrected chi connectivity index (χ2v) is 6.95. The van der Waals surface area contributed by atoms with E-state index in [4.69, 9.17) is 4.74 Å². The van der Waals surface area contributed by atoms with Crippen LogP contribution in [0.1, 0.15) is 36.1 Å². The van der Waals surface area contributed by atoms with E-state index in [0.29, 0.717) is 5.92 Å². The van der Waals surface area contributed by atoms with Crippen LogP contribution in [0.15, 0.2) is 30.6 Å². The van der Waals surface area contributed by atoms with Crippen LogP contribution in [-0.2, 0) is 13.0 Å². The average molecular weight is 338 g/mol. The van der Waals surface area contributed by atoms with Gasteiger partial charge in [0.1, 0.15) is 17.9 Å². The van der Waals surface area contributed by atoms with Crippen molar-refractivity contribution in [3.8, 4) is 5.75 Å². The van der Waals surface area contributed by atoms with E-state index in [1.807, 2.05) is 0 Å². The van der Waals surface area contributed by atoms with Gasteiger partial charge in [0.15, 0.2) is 0 Å². The van der Waals surface area contributed by atoms with Crippen LogP contribution >= 0.6 is 0 Å². The summed E-state index contributed by atoms with van der Waals surface area (Å²) in [6.45, 7) is 7.49. The summed E-state index contributed by atoms with van der Waals surface area (Å²) in [4.78, 5) is 14.1. The number of aromatic nitrogens is 2. The van der Waals surface area contributed by atoms with Crippen molar-refractivity contribution in [2.24, 2.45) is 0 Å². The molecule has 0 radical (unpaired) electrons. The first-order chi connectivity index (χ1) is 12.3. The molecule has 1 aromatic carbocycles. The molecule has 0 saturated carbocycles. The molecule has 4 rings (SSSR count). The zero-order valence-electron chi connectivity index (χ0n) is 15.1. The summed E-state index contributed by atoms with van der Waals surface area (Å²) in [5.74, 6) is 2.63. The molecule has 5 nitrogen and oxygen atoms in total. The number of hydrogen-bond acceptors (Lipinski definition) is 5. The third kappa shape index (κ3) is 3.21. The summed E-state index contributed by atoms with van der Waals surface area (Å²) in [5, 5.41) is 0. The molecule has 0 spiro atoms. The monoisotopic (exact) mass is 338 g/mol. The van der Waals surface area contributed by atoms with Gasteiger partial charge in [0.05, 0.1) is 12.8 Å². The van der Waals surface area contributed by atoms with Crippen molar-refractivity contribution in [2.45, 2.75) is 32.2 Å². The number of benzene rings is 1. The van der Waals surface area contributed by atoms with Crippen molar-refractivity contribution in [2.75, 3.05) is 38.2 Å². The van der Waals surface area contributed by atoms with E-state index in [1.165, 1.54) is 23.2 Å². The van der Waals surface area contributed by atoms with E-state index in [1.54, 1.807) is 13.4 Å². The van der Waals surface area contributed by atoms with Crippen LogP contribution in [0.3, 0.4) is 0 Å². The Morgan fingerprint density at radius 3 is 2.76 bits per heavy atom. The zero-order valence-corrected chi connectivity index (χ0v) is 15.1. The van der Waals surface area contributed by atoms with Gasteiger partial charge in [-0.1, -0.05) is 19.1 Å². The minimum atomic E-state index is 0.558. The van der Waals surface area contributed by atoms with Crippen molar-refractivity contribution in [1.29, 1.82) is 0 Å². The first-order valence-electron chi connectivity index (χ1n) is 9.22. The molecule has 0 unspecified atom stereocenters. The van der Waals surface area contributed by atoms with Crippen LogP contribution in [0.25, 0.3) is 0 Å². The van der Waals surface area contributed by atoms with Crippen LogP contribution < -0.4 is 9.64 Å². The summed E-state index contributed by atoms with van der Waals surface area (Å²) in [6, 6.07) is 8.51. The highest BCUT2D eigenvalue weighted by Gasteiger charge is 2.29. The first-order valence-corrected chi connectivity index (χ1v) is 9.22. The smallest absolute Gasteiger partial charge is 0.136 e. The average Bonchev–Trinajstić information content (AvgIpc) is 3.17. The molecule has 1 fully saturated rings. The van der Waals surface area contributed by atoms with Crippen molar-refractivity contribution in [3.05, 3.63) is 47.4 Å². The highest BCUT2D eigenvalue weighted by atomic mass is 16.5. The topological polar surface area (TPSA) is 41.5 Å². The predicted octanol–water partition coefficient (Wildman–Crippen LogP) is 2.86. The molecule has 3 heterocycles. The van der Waals surface area contributed by atoms with Gasteiger partial charge in [-0.2, -0.15) is 0 Å². The minimum Gasteiger partial charge on any atom is -0.497 e. The molecule has 5 heteroatoms. The largest absolute Gasteiger partial charge is 0.497 e. The van der Waals surface area contributed by atoms with Crippen LogP contribution in [0, 0.1) is 0 Å². The molecule has 2 aromatic rings. The Balaban J connectivity index is 1.54. The van der Waals surface area contributed by atoms with E-state index in [2.05, 4.69) is 51.0 Å². The molecule has 1 aromatic heterocycles. The van der Waals surface area contributed by atoms with Crippen LogP contribution in [0.4, 0.5) is 5.82 Å². The van der Waals surface area contributed by atoms with Gasteiger partial charge >= 0.3 is 0 Å². The highest BCUT2D eigenvalue weighted by Crippen LogP contribution is 2.34. The summed E-state index contributed by atoms with van der Waals surface area (Å²) in [6.07, 6.45) is 3.95. The Morgan fingerprint density at radius 2 is 2.00 bits per heavy atom. The van der Waals surface area contributed by atoms with Crippen molar-refractivity contribution in [3.63, 3.8) is 0 Å². The van der Waals surface area contributed by atoms with Crippen molar-refractivity contribution < 1.29 is 4.74 Å². The van der Waals surface area contributed by atoms with Crippen LogP contribution in [0.5, 0.6) is 5.75 Å². The number of fused-ring (bicyclic) bond motifs is 1. The fourth-order valence-electron chi connectivity index (χ4n) is 4.03. The van der Waals surface area contributed by atoms with E-state index in [9.17, 15) is 0 Å². The van der Waals surface area contributed by atoms with Crippen molar-refractivity contribution in [1.82, 2.24) is 14.9 Å². The standard InChI is InChI=1S/C20H26N4O/c1-3-23-10-9-19-18(13-23)20(22-14-21-19)24-11-8-16(12-24)15-4-6-17(25-2)7-5-15/h4-7,14,16H,3,8-13H2,1-2H3/t16-/m0/s1. The highest BCUT2D eigenvalue weighted by molar-refractivity contribution is 5.51. The van der Waals surface area contributed by atoms with Gasteiger partial charge < -0.3 is 9.64 Å². The third-order valence-corrected chi connectivity index (χ3v) is 5.58. The van der Waals surface area contributed by atoms with E-state index < -0.39 is 0 Å². The second-order valence-electron chi connectivity index (χ2n) is 6.95. The maximum atomic E-state index is 5.27. The second kappa shape index (κ2) is 7.00. The molecule has 0 N–H and O–H groups in total. The lowest BCUT2D eigenvalue weighted by molar-refractivity contribution is 0.265. The van der Waals surface area contributed by atoms with Gasteiger partial charge in [-0.3, -0.25) is 4.90 Å².